The van der Waals surface area contributed by atoms with E-state index in [1.807, 2.05) is 77.7 Å². The van der Waals surface area contributed by atoms with Crippen molar-refractivity contribution in [3.8, 4) is 5.69 Å². The van der Waals surface area contributed by atoms with Crippen molar-refractivity contribution in [1.82, 2.24) is 19.2 Å². The van der Waals surface area contributed by atoms with Crippen LogP contribution in [0.2, 0.25) is 0 Å². The van der Waals surface area contributed by atoms with Crippen molar-refractivity contribution in [2.45, 2.75) is 18.9 Å². The van der Waals surface area contributed by atoms with Gasteiger partial charge >= 0.3 is 0 Å². The number of carbonyl (C=O) groups excluding carboxylic acids is 1. The van der Waals surface area contributed by atoms with E-state index < -0.39 is 0 Å². The summed E-state index contributed by atoms with van der Waals surface area (Å²) in [5.74, 6) is 0.0929. The predicted octanol–water partition coefficient (Wildman–Crippen LogP) is 3.19. The van der Waals surface area contributed by atoms with Crippen molar-refractivity contribution < 1.29 is 4.79 Å². The Balaban J connectivity index is 1.62. The van der Waals surface area contributed by atoms with Gasteiger partial charge in [0.2, 0.25) is 0 Å². The van der Waals surface area contributed by atoms with Crippen molar-refractivity contribution in [2.75, 3.05) is 6.54 Å². The van der Waals surface area contributed by atoms with E-state index in [2.05, 4.69) is 5.10 Å². The molecule has 1 aromatic carbocycles. The van der Waals surface area contributed by atoms with Crippen LogP contribution in [0.1, 0.15) is 34.8 Å². The third-order valence-corrected chi connectivity index (χ3v) is 4.62. The van der Waals surface area contributed by atoms with Gasteiger partial charge in [0, 0.05) is 49.0 Å². The maximum Gasteiger partial charge on any atom is 0.254 e. The van der Waals surface area contributed by atoms with Crippen LogP contribution in [0.4, 0.5) is 0 Å². The average molecular weight is 320 g/mol. The predicted molar refractivity (Wildman–Crippen MR) is 92.0 cm³/mol. The summed E-state index contributed by atoms with van der Waals surface area (Å²) in [7, 11) is 1.91. The van der Waals surface area contributed by atoms with Gasteiger partial charge in [0.25, 0.3) is 5.91 Å². The molecule has 0 N–H and O–H groups in total. The highest BCUT2D eigenvalue weighted by Crippen LogP contribution is 2.33. The number of nitrogens with zero attached hydrogens (tertiary/aromatic N) is 4. The Morgan fingerprint density at radius 1 is 1.21 bits per heavy atom. The minimum atomic E-state index is 0.0929. The second-order valence-corrected chi connectivity index (χ2v) is 6.24. The fourth-order valence-corrected chi connectivity index (χ4v) is 3.44. The molecule has 5 nitrogen and oxygen atoms in total. The molecule has 0 spiro atoms. The van der Waals surface area contributed by atoms with E-state index in [1.54, 1.807) is 4.68 Å². The number of aromatic nitrogens is 3. The molecule has 1 amide bonds. The molecule has 1 atom stereocenters. The average Bonchev–Trinajstić information content (AvgIpc) is 3.35. The summed E-state index contributed by atoms with van der Waals surface area (Å²) in [6, 6.07) is 11.9. The molecule has 24 heavy (non-hydrogen) atoms. The van der Waals surface area contributed by atoms with E-state index in [0.717, 1.165) is 36.2 Å². The smallest absolute Gasteiger partial charge is 0.254 e. The number of hydrogen-bond donors (Lipinski definition) is 0. The molecule has 4 rings (SSSR count). The second-order valence-electron chi connectivity index (χ2n) is 6.24. The highest BCUT2D eigenvalue weighted by molar-refractivity contribution is 5.95. The molecule has 0 radical (unpaired) electrons. The van der Waals surface area contributed by atoms with Crippen LogP contribution in [0.3, 0.4) is 0 Å². The molecule has 1 aliphatic rings. The van der Waals surface area contributed by atoms with Crippen LogP contribution >= 0.6 is 0 Å². The number of rotatable bonds is 3. The monoisotopic (exact) mass is 320 g/mol. The normalized spacial score (nSPS) is 17.4. The summed E-state index contributed by atoms with van der Waals surface area (Å²) < 4.78 is 3.81. The molecule has 1 aliphatic heterocycles. The van der Waals surface area contributed by atoms with Gasteiger partial charge in [0.1, 0.15) is 0 Å². The molecule has 0 saturated carbocycles. The molecule has 3 aromatic rings. The molecule has 3 heterocycles. The van der Waals surface area contributed by atoms with Gasteiger partial charge in [0.15, 0.2) is 0 Å². The van der Waals surface area contributed by atoms with Crippen molar-refractivity contribution in [3.05, 3.63) is 72.3 Å². The Labute approximate surface area is 141 Å². The van der Waals surface area contributed by atoms with Gasteiger partial charge in [-0.3, -0.25) is 9.48 Å². The van der Waals surface area contributed by atoms with E-state index in [0.29, 0.717) is 0 Å². The largest absolute Gasteiger partial charge is 0.331 e. The first-order valence-electron chi connectivity index (χ1n) is 8.25. The van der Waals surface area contributed by atoms with Gasteiger partial charge < -0.3 is 9.47 Å². The van der Waals surface area contributed by atoms with E-state index in [9.17, 15) is 4.79 Å². The van der Waals surface area contributed by atoms with Gasteiger partial charge in [0.05, 0.1) is 12.2 Å². The lowest BCUT2D eigenvalue weighted by atomic mass is 10.1. The Kier molecular flexibility index (Phi) is 3.69. The maximum absolute atomic E-state index is 13.0. The minimum absolute atomic E-state index is 0.0929. The lowest BCUT2D eigenvalue weighted by Gasteiger charge is -2.24. The summed E-state index contributed by atoms with van der Waals surface area (Å²) >= 11 is 0. The molecule has 5 heteroatoms. The minimum Gasteiger partial charge on any atom is -0.331 e. The number of likely N-dealkylation sites (tertiary alicyclic amines) is 1. The first-order chi connectivity index (χ1) is 11.7. The molecular weight excluding hydrogens is 300 g/mol. The third-order valence-electron chi connectivity index (χ3n) is 4.62. The van der Waals surface area contributed by atoms with Crippen LogP contribution in [0, 0.1) is 0 Å². The van der Waals surface area contributed by atoms with Crippen LogP contribution in [-0.4, -0.2) is 31.7 Å². The summed E-state index contributed by atoms with van der Waals surface area (Å²) in [4.78, 5) is 15.0. The quantitative estimate of drug-likeness (QED) is 0.744. The number of carbonyl (C=O) groups is 1. The zero-order chi connectivity index (χ0) is 16.5. The highest BCUT2D eigenvalue weighted by atomic mass is 16.2. The van der Waals surface area contributed by atoms with Crippen molar-refractivity contribution in [3.63, 3.8) is 0 Å². The molecule has 1 saturated heterocycles. The van der Waals surface area contributed by atoms with Crippen LogP contribution in [0.15, 0.2) is 61.2 Å². The van der Waals surface area contributed by atoms with Crippen LogP contribution in [0.5, 0.6) is 0 Å². The summed E-state index contributed by atoms with van der Waals surface area (Å²) in [5.41, 5.74) is 2.85. The number of hydrogen-bond acceptors (Lipinski definition) is 2. The van der Waals surface area contributed by atoms with E-state index in [1.165, 1.54) is 0 Å². The third kappa shape index (κ3) is 2.62. The summed E-state index contributed by atoms with van der Waals surface area (Å²) in [6.07, 6.45) is 9.87. The van der Waals surface area contributed by atoms with Gasteiger partial charge in [-0.05, 0) is 43.2 Å². The first kappa shape index (κ1) is 14.8. The number of benzene rings is 1. The summed E-state index contributed by atoms with van der Waals surface area (Å²) in [5, 5.41) is 4.25. The number of amides is 1. The fraction of sp³-hybridized carbons (Fsp3) is 0.263. The Morgan fingerprint density at radius 2 is 2.04 bits per heavy atom. The first-order valence-corrected chi connectivity index (χ1v) is 8.25. The molecule has 0 unspecified atom stereocenters. The molecule has 0 bridgehead atoms. The fourth-order valence-electron chi connectivity index (χ4n) is 3.44. The maximum atomic E-state index is 13.0. The van der Waals surface area contributed by atoms with E-state index in [-0.39, 0.29) is 11.9 Å². The highest BCUT2D eigenvalue weighted by Gasteiger charge is 2.31. The lowest BCUT2D eigenvalue weighted by Crippen LogP contribution is -2.30. The van der Waals surface area contributed by atoms with Gasteiger partial charge in [-0.1, -0.05) is 6.07 Å². The second kappa shape index (κ2) is 6.00. The zero-order valence-electron chi connectivity index (χ0n) is 13.7. The van der Waals surface area contributed by atoms with Crippen molar-refractivity contribution in [2.24, 2.45) is 7.05 Å². The van der Waals surface area contributed by atoms with Crippen LogP contribution in [-0.2, 0) is 7.05 Å². The van der Waals surface area contributed by atoms with Gasteiger partial charge in [-0.25, -0.2) is 0 Å². The Morgan fingerprint density at radius 3 is 2.79 bits per heavy atom. The molecule has 122 valence electrons. The Bertz CT molecular complexity index is 850. The van der Waals surface area contributed by atoms with E-state index >= 15 is 0 Å². The molecule has 1 fully saturated rings. The molecule has 2 aromatic heterocycles. The van der Waals surface area contributed by atoms with Gasteiger partial charge in [-0.15, -0.1) is 0 Å². The van der Waals surface area contributed by atoms with E-state index in [4.69, 9.17) is 0 Å². The standard InChI is InChI=1S/C19H20N4O/c1-21-14-16(13-20-21)18-8-5-11-23(18)19(24)15-6-4-7-17(12-15)22-9-2-3-10-22/h2-4,6-7,9-10,12-14,18H,5,8,11H2,1H3/t18-/m0/s1. The Hall–Kier alpha value is -2.82. The van der Waals surface area contributed by atoms with Crippen LogP contribution < -0.4 is 0 Å². The van der Waals surface area contributed by atoms with Crippen molar-refractivity contribution in [1.29, 1.82) is 0 Å². The molecule has 0 aliphatic carbocycles. The van der Waals surface area contributed by atoms with Crippen LogP contribution in [0.25, 0.3) is 5.69 Å². The zero-order valence-corrected chi connectivity index (χ0v) is 13.7. The SMILES string of the molecule is Cn1cc([C@@H]2CCCN2C(=O)c2cccc(-n3cccc3)c2)cn1. The van der Waals surface area contributed by atoms with Gasteiger partial charge in [-0.2, -0.15) is 5.10 Å². The van der Waals surface area contributed by atoms with Crippen molar-refractivity contribution >= 4 is 5.91 Å². The lowest BCUT2D eigenvalue weighted by molar-refractivity contribution is 0.0735. The molecular formula is C19H20N4O. The summed E-state index contributed by atoms with van der Waals surface area (Å²) in [6.45, 7) is 0.798. The topological polar surface area (TPSA) is 43.1 Å². The number of aryl methyl sites for hydroxylation is 1.